The number of thiophene rings is 1. The monoisotopic (exact) mass is 324 g/mol. The van der Waals surface area contributed by atoms with Gasteiger partial charge in [0.2, 0.25) is 0 Å². The summed E-state index contributed by atoms with van der Waals surface area (Å²) in [5, 5.41) is 4.91. The summed E-state index contributed by atoms with van der Waals surface area (Å²) in [6.07, 6.45) is 0. The minimum atomic E-state index is -0.115. The molecule has 18 heavy (non-hydrogen) atoms. The molecule has 3 nitrogen and oxygen atoms in total. The number of aryl methyl sites for hydroxylation is 1. The molecule has 1 heterocycles. The highest BCUT2D eigenvalue weighted by Crippen LogP contribution is 2.18. The minimum absolute atomic E-state index is 0.115. The second-order valence-electron chi connectivity index (χ2n) is 3.98. The normalized spacial score (nSPS) is 10.3. The molecule has 0 radical (unpaired) electrons. The van der Waals surface area contributed by atoms with E-state index in [1.807, 2.05) is 18.4 Å². The van der Waals surface area contributed by atoms with E-state index in [4.69, 9.17) is 5.73 Å². The lowest BCUT2D eigenvalue weighted by Crippen LogP contribution is -2.22. The van der Waals surface area contributed by atoms with Crippen LogP contribution in [0.15, 0.2) is 34.1 Å². The van der Waals surface area contributed by atoms with Gasteiger partial charge in [-0.1, -0.05) is 15.9 Å². The highest BCUT2D eigenvalue weighted by atomic mass is 79.9. The van der Waals surface area contributed by atoms with Gasteiger partial charge in [-0.25, -0.2) is 0 Å². The van der Waals surface area contributed by atoms with Gasteiger partial charge in [0, 0.05) is 20.6 Å². The zero-order valence-corrected chi connectivity index (χ0v) is 12.3. The molecule has 0 fully saturated rings. The van der Waals surface area contributed by atoms with E-state index in [0.29, 0.717) is 17.8 Å². The van der Waals surface area contributed by atoms with E-state index in [9.17, 15) is 4.79 Å². The number of nitrogen functional groups attached to an aromatic ring is 1. The van der Waals surface area contributed by atoms with Crippen molar-refractivity contribution in [2.24, 2.45) is 0 Å². The van der Waals surface area contributed by atoms with Crippen LogP contribution in [0.3, 0.4) is 0 Å². The van der Waals surface area contributed by atoms with Crippen LogP contribution in [-0.4, -0.2) is 5.91 Å². The van der Waals surface area contributed by atoms with Crippen LogP contribution >= 0.6 is 27.3 Å². The number of anilines is 1. The third kappa shape index (κ3) is 3.11. The lowest BCUT2D eigenvalue weighted by Gasteiger charge is -2.06. The van der Waals surface area contributed by atoms with E-state index < -0.39 is 0 Å². The van der Waals surface area contributed by atoms with Crippen LogP contribution in [-0.2, 0) is 6.54 Å². The number of carbonyl (C=O) groups excluding carboxylic acids is 1. The number of nitrogens with one attached hydrogen (secondary N) is 1. The van der Waals surface area contributed by atoms with Gasteiger partial charge in [0.05, 0.1) is 6.54 Å². The molecule has 3 N–H and O–H groups in total. The van der Waals surface area contributed by atoms with Crippen molar-refractivity contribution in [2.45, 2.75) is 13.5 Å². The molecule has 0 saturated heterocycles. The van der Waals surface area contributed by atoms with Crippen LogP contribution in [0.1, 0.15) is 20.8 Å². The first kappa shape index (κ1) is 13.1. The molecule has 0 aliphatic heterocycles. The molecule has 0 aliphatic rings. The molecule has 0 aliphatic carbocycles. The van der Waals surface area contributed by atoms with E-state index in [1.165, 1.54) is 10.4 Å². The summed E-state index contributed by atoms with van der Waals surface area (Å²) in [5.74, 6) is -0.115. The highest BCUT2D eigenvalue weighted by molar-refractivity contribution is 9.10. The molecular formula is C13H13BrN2OS. The van der Waals surface area contributed by atoms with Crippen molar-refractivity contribution in [1.29, 1.82) is 0 Å². The molecule has 2 rings (SSSR count). The van der Waals surface area contributed by atoms with Crippen LogP contribution < -0.4 is 11.1 Å². The molecule has 0 unspecified atom stereocenters. The van der Waals surface area contributed by atoms with Gasteiger partial charge >= 0.3 is 0 Å². The minimum Gasteiger partial charge on any atom is -0.399 e. The lowest BCUT2D eigenvalue weighted by molar-refractivity contribution is 0.0951. The number of hydrogen-bond donors (Lipinski definition) is 2. The summed E-state index contributed by atoms with van der Waals surface area (Å²) in [4.78, 5) is 13.1. The van der Waals surface area contributed by atoms with Gasteiger partial charge in [-0.15, -0.1) is 11.3 Å². The second kappa shape index (κ2) is 5.54. The Morgan fingerprint density at radius 1 is 1.44 bits per heavy atom. The highest BCUT2D eigenvalue weighted by Gasteiger charge is 2.08. The summed E-state index contributed by atoms with van der Waals surface area (Å²) in [6.45, 7) is 2.59. The van der Waals surface area contributed by atoms with Crippen molar-refractivity contribution in [3.63, 3.8) is 0 Å². The number of amides is 1. The first-order valence-corrected chi connectivity index (χ1v) is 7.11. The molecule has 1 amide bonds. The first-order valence-electron chi connectivity index (χ1n) is 5.43. The molecule has 1 aromatic heterocycles. The SMILES string of the molecule is Cc1ccsc1CNC(=O)c1cc(N)cc(Br)c1. The molecule has 0 atom stereocenters. The summed E-state index contributed by atoms with van der Waals surface area (Å²) in [7, 11) is 0. The Kier molecular flexibility index (Phi) is 4.04. The zero-order valence-electron chi connectivity index (χ0n) is 9.87. The molecule has 0 spiro atoms. The lowest BCUT2D eigenvalue weighted by atomic mass is 10.2. The Bertz CT molecular complexity index is 560. The largest absolute Gasteiger partial charge is 0.399 e. The maximum Gasteiger partial charge on any atom is 0.251 e. The third-order valence-electron chi connectivity index (χ3n) is 2.56. The smallest absolute Gasteiger partial charge is 0.251 e. The van der Waals surface area contributed by atoms with Gasteiger partial charge in [0.15, 0.2) is 0 Å². The Hall–Kier alpha value is -1.33. The van der Waals surface area contributed by atoms with Gasteiger partial charge < -0.3 is 11.1 Å². The van der Waals surface area contributed by atoms with Crippen LogP contribution in [0.4, 0.5) is 5.69 Å². The standard InChI is InChI=1S/C13H13BrN2OS/c1-8-2-3-18-12(8)7-16-13(17)9-4-10(14)6-11(15)5-9/h2-6H,7,15H2,1H3,(H,16,17). The van der Waals surface area contributed by atoms with Crippen LogP contribution in [0.5, 0.6) is 0 Å². The van der Waals surface area contributed by atoms with E-state index >= 15 is 0 Å². The Balaban J connectivity index is 2.06. The van der Waals surface area contributed by atoms with Gasteiger partial charge in [-0.05, 0) is 42.1 Å². The fourth-order valence-electron chi connectivity index (χ4n) is 1.59. The second-order valence-corrected chi connectivity index (χ2v) is 5.90. The number of benzene rings is 1. The van der Waals surface area contributed by atoms with Crippen molar-refractivity contribution in [3.05, 3.63) is 50.1 Å². The fraction of sp³-hybridized carbons (Fsp3) is 0.154. The van der Waals surface area contributed by atoms with E-state index in [1.54, 1.807) is 29.5 Å². The van der Waals surface area contributed by atoms with Gasteiger partial charge in [-0.2, -0.15) is 0 Å². The number of carbonyl (C=O) groups is 1. The molecular weight excluding hydrogens is 312 g/mol. The van der Waals surface area contributed by atoms with Gasteiger partial charge in [-0.3, -0.25) is 4.79 Å². The topological polar surface area (TPSA) is 55.1 Å². The van der Waals surface area contributed by atoms with Gasteiger partial charge in [0.25, 0.3) is 5.91 Å². The van der Waals surface area contributed by atoms with E-state index in [0.717, 1.165) is 4.47 Å². The average Bonchev–Trinajstić information content (AvgIpc) is 2.70. The Morgan fingerprint density at radius 2 is 2.22 bits per heavy atom. The maximum atomic E-state index is 12.0. The third-order valence-corrected chi connectivity index (χ3v) is 4.04. The molecule has 1 aromatic carbocycles. The average molecular weight is 325 g/mol. The number of rotatable bonds is 3. The maximum absolute atomic E-state index is 12.0. The molecule has 0 bridgehead atoms. The summed E-state index contributed by atoms with van der Waals surface area (Å²) in [6, 6.07) is 7.23. The predicted molar refractivity (Wildman–Crippen MR) is 78.8 cm³/mol. The van der Waals surface area contributed by atoms with Crippen LogP contribution in [0, 0.1) is 6.92 Å². The molecule has 5 heteroatoms. The summed E-state index contributed by atoms with van der Waals surface area (Å²) < 4.78 is 0.806. The predicted octanol–water partition coefficient (Wildman–Crippen LogP) is 3.33. The van der Waals surface area contributed by atoms with Crippen molar-refractivity contribution < 1.29 is 4.79 Å². The van der Waals surface area contributed by atoms with Crippen LogP contribution in [0.2, 0.25) is 0 Å². The molecule has 94 valence electrons. The van der Waals surface area contributed by atoms with E-state index in [-0.39, 0.29) is 5.91 Å². The number of nitrogens with two attached hydrogens (primary N) is 1. The summed E-state index contributed by atoms with van der Waals surface area (Å²) >= 11 is 4.97. The van der Waals surface area contributed by atoms with Crippen molar-refractivity contribution in [3.8, 4) is 0 Å². The Labute approximate surface area is 118 Å². The Morgan fingerprint density at radius 3 is 2.83 bits per heavy atom. The molecule has 2 aromatic rings. The molecule has 0 saturated carbocycles. The van der Waals surface area contributed by atoms with Gasteiger partial charge in [0.1, 0.15) is 0 Å². The number of halogens is 1. The van der Waals surface area contributed by atoms with Crippen molar-refractivity contribution in [2.75, 3.05) is 5.73 Å². The summed E-state index contributed by atoms with van der Waals surface area (Å²) in [5.41, 5.74) is 8.04. The first-order chi connectivity index (χ1) is 8.56. The fourth-order valence-corrected chi connectivity index (χ4v) is 2.95. The van der Waals surface area contributed by atoms with Crippen LogP contribution in [0.25, 0.3) is 0 Å². The van der Waals surface area contributed by atoms with Crippen molar-refractivity contribution in [1.82, 2.24) is 5.32 Å². The zero-order chi connectivity index (χ0) is 13.1. The quantitative estimate of drug-likeness (QED) is 0.851. The van der Waals surface area contributed by atoms with E-state index in [2.05, 4.69) is 21.2 Å². The van der Waals surface area contributed by atoms with Crippen molar-refractivity contribution >= 4 is 38.9 Å². The number of hydrogen-bond acceptors (Lipinski definition) is 3.